The van der Waals surface area contributed by atoms with Gasteiger partial charge in [-0.2, -0.15) is 0 Å². The molecule has 5 nitrogen and oxygen atoms in total. The van der Waals surface area contributed by atoms with E-state index in [1.54, 1.807) is 0 Å². The predicted molar refractivity (Wildman–Crippen MR) is 99.8 cm³/mol. The minimum atomic E-state index is -0.667. The topological polar surface area (TPSA) is 46.2 Å². The van der Waals surface area contributed by atoms with E-state index in [1.807, 2.05) is 74.5 Å². The van der Waals surface area contributed by atoms with Crippen molar-refractivity contribution >= 4 is 0 Å². The van der Waals surface area contributed by atoms with E-state index in [0.717, 1.165) is 11.1 Å². The van der Waals surface area contributed by atoms with Crippen LogP contribution in [0, 0.1) is 0 Å². The maximum Gasteiger partial charge on any atom is 0.190 e. The highest BCUT2D eigenvalue weighted by atomic mass is 16.8. The van der Waals surface area contributed by atoms with Crippen LogP contribution in [-0.2, 0) is 36.9 Å². The molecule has 2 fully saturated rings. The highest BCUT2D eigenvalue weighted by Gasteiger charge is 2.55. The van der Waals surface area contributed by atoms with Gasteiger partial charge in [0.25, 0.3) is 0 Å². The standard InChI is InChI=1S/C22H26O5/c1-22(2)26-20-19(24-14-17-11-7-4-8-12-17)18(25-21(20)27-22)15-23-13-16-9-5-3-6-10-16/h3-12,18-21H,13-15H2,1-2H3/t18-,19+,20-,21-/m0/s1. The molecular weight excluding hydrogens is 344 g/mol. The minimum Gasteiger partial charge on any atom is -0.374 e. The number of ether oxygens (including phenoxy) is 5. The van der Waals surface area contributed by atoms with Gasteiger partial charge >= 0.3 is 0 Å². The number of rotatable bonds is 7. The predicted octanol–water partition coefficient (Wildman–Crippen LogP) is 3.67. The molecule has 5 heteroatoms. The van der Waals surface area contributed by atoms with Crippen molar-refractivity contribution in [2.45, 2.75) is 57.5 Å². The van der Waals surface area contributed by atoms with Crippen molar-refractivity contribution < 1.29 is 23.7 Å². The third-order valence-electron chi connectivity index (χ3n) is 4.77. The molecule has 0 N–H and O–H groups in total. The number of hydrogen-bond donors (Lipinski definition) is 0. The van der Waals surface area contributed by atoms with Gasteiger partial charge in [0.2, 0.25) is 0 Å². The van der Waals surface area contributed by atoms with Crippen LogP contribution in [0.4, 0.5) is 0 Å². The molecule has 4 atom stereocenters. The zero-order valence-corrected chi connectivity index (χ0v) is 15.7. The lowest BCUT2D eigenvalue weighted by Crippen LogP contribution is -2.38. The smallest absolute Gasteiger partial charge is 0.190 e. The molecule has 0 saturated carbocycles. The van der Waals surface area contributed by atoms with Crippen LogP contribution in [-0.4, -0.2) is 37.0 Å². The molecule has 0 amide bonds. The summed E-state index contributed by atoms with van der Waals surface area (Å²) in [6.07, 6.45) is -1.16. The van der Waals surface area contributed by atoms with Gasteiger partial charge in [0.1, 0.15) is 18.3 Å². The Kier molecular flexibility index (Phi) is 5.57. The van der Waals surface area contributed by atoms with E-state index in [-0.39, 0.29) is 18.3 Å². The second-order valence-corrected chi connectivity index (χ2v) is 7.41. The van der Waals surface area contributed by atoms with Crippen LogP contribution in [0.15, 0.2) is 60.7 Å². The van der Waals surface area contributed by atoms with Crippen LogP contribution in [0.1, 0.15) is 25.0 Å². The number of hydrogen-bond acceptors (Lipinski definition) is 5. The first-order chi connectivity index (χ1) is 13.1. The maximum atomic E-state index is 6.20. The lowest BCUT2D eigenvalue weighted by atomic mass is 10.1. The summed E-state index contributed by atoms with van der Waals surface area (Å²) in [4.78, 5) is 0. The molecule has 27 heavy (non-hydrogen) atoms. The lowest BCUT2D eigenvalue weighted by Gasteiger charge is -2.26. The van der Waals surface area contributed by atoms with E-state index in [0.29, 0.717) is 19.8 Å². The zero-order valence-electron chi connectivity index (χ0n) is 15.7. The maximum absolute atomic E-state index is 6.20. The van der Waals surface area contributed by atoms with E-state index in [2.05, 4.69) is 0 Å². The Morgan fingerprint density at radius 3 is 2.15 bits per heavy atom. The van der Waals surface area contributed by atoms with Gasteiger partial charge in [0.15, 0.2) is 12.1 Å². The quantitative estimate of drug-likeness (QED) is 0.744. The van der Waals surface area contributed by atoms with E-state index < -0.39 is 12.1 Å². The minimum absolute atomic E-state index is 0.233. The molecule has 2 aromatic carbocycles. The molecule has 4 rings (SSSR count). The van der Waals surface area contributed by atoms with Gasteiger partial charge in [-0.1, -0.05) is 60.7 Å². The molecule has 0 aromatic heterocycles. The van der Waals surface area contributed by atoms with Gasteiger partial charge in [0, 0.05) is 0 Å². The molecule has 2 aliphatic rings. The van der Waals surface area contributed by atoms with E-state index in [1.165, 1.54) is 0 Å². The molecule has 2 aliphatic heterocycles. The normalized spacial score (nSPS) is 29.0. The van der Waals surface area contributed by atoms with Crippen LogP contribution in [0.5, 0.6) is 0 Å². The van der Waals surface area contributed by atoms with Crippen molar-refractivity contribution in [3.05, 3.63) is 71.8 Å². The summed E-state index contributed by atoms with van der Waals surface area (Å²) < 4.78 is 30.1. The second kappa shape index (κ2) is 8.09. The molecule has 0 unspecified atom stereocenters. The Balaban J connectivity index is 1.38. The van der Waals surface area contributed by atoms with Gasteiger partial charge in [-0.05, 0) is 25.0 Å². The average Bonchev–Trinajstić information content (AvgIpc) is 3.13. The molecule has 2 heterocycles. The van der Waals surface area contributed by atoms with Crippen molar-refractivity contribution in [2.75, 3.05) is 6.61 Å². The van der Waals surface area contributed by atoms with Crippen LogP contribution < -0.4 is 0 Å². The summed E-state index contributed by atoms with van der Waals surface area (Å²) in [5.74, 6) is -0.667. The third kappa shape index (κ3) is 4.57. The SMILES string of the molecule is CC1(C)O[C@@H]2O[C@@H](COCc3ccccc3)[C@@H](OCc3ccccc3)[C@@H]2O1. The molecule has 144 valence electrons. The van der Waals surface area contributed by atoms with E-state index in [4.69, 9.17) is 23.7 Å². The summed E-state index contributed by atoms with van der Waals surface area (Å²) in [6, 6.07) is 20.2. The first-order valence-electron chi connectivity index (χ1n) is 9.39. The zero-order chi connectivity index (χ0) is 18.7. The molecule has 0 aliphatic carbocycles. The lowest BCUT2D eigenvalue weighted by molar-refractivity contribution is -0.225. The molecule has 0 bridgehead atoms. The van der Waals surface area contributed by atoms with Crippen molar-refractivity contribution in [3.8, 4) is 0 Å². The molecule has 2 saturated heterocycles. The van der Waals surface area contributed by atoms with Gasteiger partial charge in [0.05, 0.1) is 19.8 Å². The summed E-state index contributed by atoms with van der Waals surface area (Å²) in [5.41, 5.74) is 2.24. The monoisotopic (exact) mass is 370 g/mol. The Morgan fingerprint density at radius 1 is 0.852 bits per heavy atom. The molecule has 0 spiro atoms. The number of benzene rings is 2. The summed E-state index contributed by atoms with van der Waals surface area (Å²) in [7, 11) is 0. The summed E-state index contributed by atoms with van der Waals surface area (Å²) in [6.45, 7) is 5.24. The summed E-state index contributed by atoms with van der Waals surface area (Å²) >= 11 is 0. The summed E-state index contributed by atoms with van der Waals surface area (Å²) in [5, 5.41) is 0. The van der Waals surface area contributed by atoms with E-state index >= 15 is 0 Å². The first kappa shape index (κ1) is 18.6. The second-order valence-electron chi connectivity index (χ2n) is 7.41. The average molecular weight is 370 g/mol. The Labute approximate surface area is 160 Å². The molecule has 2 aromatic rings. The fourth-order valence-corrected chi connectivity index (χ4v) is 3.52. The van der Waals surface area contributed by atoms with Crippen molar-refractivity contribution in [1.29, 1.82) is 0 Å². The Hall–Kier alpha value is -1.76. The van der Waals surface area contributed by atoms with Crippen LogP contribution >= 0.6 is 0 Å². The van der Waals surface area contributed by atoms with Crippen molar-refractivity contribution in [1.82, 2.24) is 0 Å². The first-order valence-corrected chi connectivity index (χ1v) is 9.39. The van der Waals surface area contributed by atoms with Gasteiger partial charge < -0.3 is 23.7 Å². The van der Waals surface area contributed by atoms with Gasteiger partial charge in [-0.25, -0.2) is 0 Å². The van der Waals surface area contributed by atoms with Crippen LogP contribution in [0.25, 0.3) is 0 Å². The number of fused-ring (bicyclic) bond motifs is 1. The fourth-order valence-electron chi connectivity index (χ4n) is 3.52. The van der Waals surface area contributed by atoms with Crippen LogP contribution in [0.2, 0.25) is 0 Å². The van der Waals surface area contributed by atoms with Crippen molar-refractivity contribution in [2.24, 2.45) is 0 Å². The molecule has 0 radical (unpaired) electrons. The highest BCUT2D eigenvalue weighted by molar-refractivity contribution is 5.14. The van der Waals surface area contributed by atoms with E-state index in [9.17, 15) is 0 Å². The fraction of sp³-hybridized carbons (Fsp3) is 0.455. The largest absolute Gasteiger partial charge is 0.374 e. The van der Waals surface area contributed by atoms with Crippen molar-refractivity contribution in [3.63, 3.8) is 0 Å². The van der Waals surface area contributed by atoms with Gasteiger partial charge in [-0.15, -0.1) is 0 Å². The van der Waals surface area contributed by atoms with Crippen LogP contribution in [0.3, 0.4) is 0 Å². The third-order valence-corrected chi connectivity index (χ3v) is 4.77. The molecular formula is C22H26O5. The Morgan fingerprint density at radius 2 is 1.48 bits per heavy atom. The highest BCUT2D eigenvalue weighted by Crippen LogP contribution is 2.39. The Bertz CT molecular complexity index is 718. The van der Waals surface area contributed by atoms with Gasteiger partial charge in [-0.3, -0.25) is 0 Å².